The number of unbranched alkanes of at least 4 members (excludes halogenated alkanes) is 1. The van der Waals surface area contributed by atoms with Gasteiger partial charge >= 0.3 is 0 Å². The minimum atomic E-state index is 0.104. The lowest BCUT2D eigenvalue weighted by Crippen LogP contribution is -2.35. The fraction of sp³-hybridized carbons (Fsp3) is 0.476. The fourth-order valence-electron chi connectivity index (χ4n) is 3.26. The van der Waals surface area contributed by atoms with E-state index < -0.39 is 0 Å². The lowest BCUT2D eigenvalue weighted by molar-refractivity contribution is 0.0719. The van der Waals surface area contributed by atoms with Crippen LogP contribution in [0.15, 0.2) is 30.5 Å². The van der Waals surface area contributed by atoms with Crippen LogP contribution in [0.4, 0.5) is 0 Å². The predicted molar refractivity (Wildman–Crippen MR) is 101 cm³/mol. The number of benzene rings is 1. The maximum atomic E-state index is 12.7. The molecule has 0 bridgehead atoms. The summed E-state index contributed by atoms with van der Waals surface area (Å²) in [4.78, 5) is 17.8. The molecule has 1 aromatic heterocycles. The van der Waals surface area contributed by atoms with E-state index in [2.05, 4.69) is 31.0 Å². The minimum absolute atomic E-state index is 0.104. The summed E-state index contributed by atoms with van der Waals surface area (Å²) in [7, 11) is 0. The van der Waals surface area contributed by atoms with Crippen molar-refractivity contribution in [1.29, 1.82) is 0 Å². The van der Waals surface area contributed by atoms with Crippen molar-refractivity contribution in [2.24, 2.45) is 0 Å². The fourth-order valence-corrected chi connectivity index (χ4v) is 3.26. The molecule has 2 heterocycles. The molecule has 0 radical (unpaired) electrons. The molecular formula is C21H28N2O2. The Morgan fingerprint density at radius 1 is 1.20 bits per heavy atom. The topological polar surface area (TPSA) is 45.3 Å². The molecule has 1 aromatic carbocycles. The van der Waals surface area contributed by atoms with Crippen LogP contribution in [-0.4, -0.2) is 35.5 Å². The number of rotatable bonds is 6. The van der Waals surface area contributed by atoms with Crippen LogP contribution in [0.25, 0.3) is 11.1 Å². The van der Waals surface area contributed by atoms with E-state index in [4.69, 9.17) is 4.74 Å². The summed E-state index contributed by atoms with van der Waals surface area (Å²) in [6, 6.07) is 8.18. The number of aromatic nitrogens is 1. The third-order valence-electron chi connectivity index (χ3n) is 4.76. The second-order valence-corrected chi connectivity index (χ2v) is 6.86. The van der Waals surface area contributed by atoms with Gasteiger partial charge in [-0.3, -0.25) is 4.79 Å². The second-order valence-electron chi connectivity index (χ2n) is 6.86. The van der Waals surface area contributed by atoms with Crippen LogP contribution in [-0.2, 0) is 0 Å². The van der Waals surface area contributed by atoms with E-state index in [0.29, 0.717) is 5.69 Å². The van der Waals surface area contributed by atoms with Crippen molar-refractivity contribution in [3.63, 3.8) is 0 Å². The molecule has 1 amide bonds. The van der Waals surface area contributed by atoms with Gasteiger partial charge in [-0.05, 0) is 50.8 Å². The number of piperidine rings is 1. The third-order valence-corrected chi connectivity index (χ3v) is 4.76. The molecule has 1 saturated heterocycles. The van der Waals surface area contributed by atoms with Gasteiger partial charge in [-0.25, -0.2) is 0 Å². The number of hydrogen-bond acceptors (Lipinski definition) is 2. The van der Waals surface area contributed by atoms with E-state index in [0.717, 1.165) is 62.3 Å². The van der Waals surface area contributed by atoms with Crippen molar-refractivity contribution >= 4 is 5.91 Å². The average molecular weight is 340 g/mol. The monoisotopic (exact) mass is 340 g/mol. The van der Waals surface area contributed by atoms with E-state index in [9.17, 15) is 4.79 Å². The van der Waals surface area contributed by atoms with E-state index in [1.54, 1.807) is 0 Å². The van der Waals surface area contributed by atoms with Gasteiger partial charge in [0.15, 0.2) is 0 Å². The zero-order chi connectivity index (χ0) is 17.6. The number of nitrogens with one attached hydrogen (secondary N) is 1. The molecule has 134 valence electrons. The summed E-state index contributed by atoms with van der Waals surface area (Å²) < 4.78 is 5.96. The quantitative estimate of drug-likeness (QED) is 0.768. The SMILES string of the molecule is CCCCOc1ccc(C)cc1-c1c[nH]c(C(=O)N2CCCCC2)c1. The van der Waals surface area contributed by atoms with Crippen LogP contribution in [0.5, 0.6) is 5.75 Å². The van der Waals surface area contributed by atoms with Crippen LogP contribution in [0.2, 0.25) is 0 Å². The van der Waals surface area contributed by atoms with E-state index in [1.165, 1.54) is 12.0 Å². The zero-order valence-electron chi connectivity index (χ0n) is 15.3. The first-order chi connectivity index (χ1) is 12.2. The largest absolute Gasteiger partial charge is 0.493 e. The summed E-state index contributed by atoms with van der Waals surface area (Å²) in [5, 5.41) is 0. The zero-order valence-corrected chi connectivity index (χ0v) is 15.3. The van der Waals surface area contributed by atoms with Gasteiger partial charge in [0.25, 0.3) is 5.91 Å². The van der Waals surface area contributed by atoms with Gasteiger partial charge in [0, 0.05) is 30.4 Å². The van der Waals surface area contributed by atoms with E-state index in [1.807, 2.05) is 23.2 Å². The summed E-state index contributed by atoms with van der Waals surface area (Å²) in [6.45, 7) is 6.68. The Bertz CT molecular complexity index is 714. The summed E-state index contributed by atoms with van der Waals surface area (Å²) in [6.07, 6.45) is 7.50. The lowest BCUT2D eigenvalue weighted by Gasteiger charge is -2.26. The first-order valence-electron chi connectivity index (χ1n) is 9.40. The Labute approximate surface area is 150 Å². The molecule has 0 aliphatic carbocycles. The van der Waals surface area contributed by atoms with Gasteiger partial charge in [0.1, 0.15) is 11.4 Å². The van der Waals surface area contributed by atoms with Crippen molar-refractivity contribution in [3.8, 4) is 16.9 Å². The molecule has 0 unspecified atom stereocenters. The number of ether oxygens (including phenoxy) is 1. The molecule has 4 heteroatoms. The number of carbonyl (C=O) groups excluding carboxylic acids is 1. The first kappa shape index (κ1) is 17.6. The van der Waals surface area contributed by atoms with Crippen LogP contribution in [0.1, 0.15) is 55.1 Å². The van der Waals surface area contributed by atoms with E-state index in [-0.39, 0.29) is 5.91 Å². The molecule has 25 heavy (non-hydrogen) atoms. The number of hydrogen-bond donors (Lipinski definition) is 1. The first-order valence-corrected chi connectivity index (χ1v) is 9.40. The Hall–Kier alpha value is -2.23. The highest BCUT2D eigenvalue weighted by molar-refractivity contribution is 5.94. The molecule has 1 N–H and O–H groups in total. The van der Waals surface area contributed by atoms with Crippen molar-refractivity contribution in [2.75, 3.05) is 19.7 Å². The molecule has 0 atom stereocenters. The molecule has 1 fully saturated rings. The number of nitrogens with zero attached hydrogens (tertiary/aromatic N) is 1. The van der Waals surface area contributed by atoms with Crippen LogP contribution in [0.3, 0.4) is 0 Å². The Kier molecular flexibility index (Phi) is 5.79. The highest BCUT2D eigenvalue weighted by Gasteiger charge is 2.20. The summed E-state index contributed by atoms with van der Waals surface area (Å²) in [5.74, 6) is 0.988. The van der Waals surface area contributed by atoms with Crippen LogP contribution < -0.4 is 4.74 Å². The van der Waals surface area contributed by atoms with E-state index >= 15 is 0 Å². The number of carbonyl (C=O) groups is 1. The second kappa shape index (κ2) is 8.24. The van der Waals surface area contributed by atoms with Gasteiger partial charge in [0.2, 0.25) is 0 Å². The number of amides is 1. The lowest BCUT2D eigenvalue weighted by atomic mass is 10.0. The van der Waals surface area contributed by atoms with Crippen LogP contribution >= 0.6 is 0 Å². The van der Waals surface area contributed by atoms with Gasteiger partial charge in [0.05, 0.1) is 6.61 Å². The minimum Gasteiger partial charge on any atom is -0.493 e. The Morgan fingerprint density at radius 3 is 2.76 bits per heavy atom. The molecule has 2 aromatic rings. The normalized spacial score (nSPS) is 14.6. The molecule has 0 saturated carbocycles. The summed E-state index contributed by atoms with van der Waals surface area (Å²) in [5.41, 5.74) is 3.90. The van der Waals surface area contributed by atoms with Gasteiger partial charge < -0.3 is 14.6 Å². The molecule has 4 nitrogen and oxygen atoms in total. The van der Waals surface area contributed by atoms with Gasteiger partial charge in [-0.15, -0.1) is 0 Å². The molecule has 0 spiro atoms. The van der Waals surface area contributed by atoms with Crippen molar-refractivity contribution < 1.29 is 9.53 Å². The maximum absolute atomic E-state index is 12.7. The molecule has 1 aliphatic rings. The number of likely N-dealkylation sites (tertiary alicyclic amines) is 1. The standard InChI is InChI=1S/C21H28N2O2/c1-3-4-12-25-20-9-8-16(2)13-18(20)17-14-19(22-15-17)21(24)23-10-6-5-7-11-23/h8-9,13-15,22H,3-7,10-12H2,1-2H3. The molecule has 1 aliphatic heterocycles. The predicted octanol–water partition coefficient (Wildman–Crippen LogP) is 4.80. The highest BCUT2D eigenvalue weighted by atomic mass is 16.5. The Balaban J connectivity index is 1.81. The molecular weight excluding hydrogens is 312 g/mol. The van der Waals surface area contributed by atoms with Gasteiger partial charge in [-0.2, -0.15) is 0 Å². The summed E-state index contributed by atoms with van der Waals surface area (Å²) >= 11 is 0. The van der Waals surface area contributed by atoms with Gasteiger partial charge in [-0.1, -0.05) is 25.0 Å². The number of aryl methyl sites for hydroxylation is 1. The van der Waals surface area contributed by atoms with Crippen LogP contribution in [0, 0.1) is 6.92 Å². The number of H-pyrrole nitrogens is 1. The van der Waals surface area contributed by atoms with Crippen molar-refractivity contribution in [1.82, 2.24) is 9.88 Å². The van der Waals surface area contributed by atoms with Crippen molar-refractivity contribution in [3.05, 3.63) is 41.7 Å². The smallest absolute Gasteiger partial charge is 0.270 e. The van der Waals surface area contributed by atoms with Crippen molar-refractivity contribution in [2.45, 2.75) is 46.0 Å². The molecule has 3 rings (SSSR count). The highest BCUT2D eigenvalue weighted by Crippen LogP contribution is 2.32. The third kappa shape index (κ3) is 4.25. The number of aromatic amines is 1. The Morgan fingerprint density at radius 2 is 2.00 bits per heavy atom. The maximum Gasteiger partial charge on any atom is 0.270 e. The average Bonchev–Trinajstić information content (AvgIpc) is 3.13.